The molecule has 0 saturated heterocycles. The van der Waals surface area contributed by atoms with Crippen molar-refractivity contribution in [3.8, 4) is 0 Å². The van der Waals surface area contributed by atoms with Crippen LogP contribution in [0.25, 0.3) is 0 Å². The number of nitrogens with zero attached hydrogens (tertiary/aromatic N) is 1. The van der Waals surface area contributed by atoms with Crippen molar-refractivity contribution in [3.63, 3.8) is 0 Å². The predicted octanol–water partition coefficient (Wildman–Crippen LogP) is 2.71. The molecule has 0 aliphatic heterocycles. The largest absolute Gasteiger partial charge is 0.392 e. The monoisotopic (exact) mass is 273 g/mol. The summed E-state index contributed by atoms with van der Waals surface area (Å²) in [5.74, 6) is -0.793. The molecule has 5 heteroatoms. The molecule has 0 aliphatic rings. The highest BCUT2D eigenvalue weighted by Gasteiger charge is 2.22. The molecule has 0 saturated carbocycles. The van der Waals surface area contributed by atoms with E-state index in [2.05, 4.69) is 0 Å². The van der Waals surface area contributed by atoms with E-state index in [0.29, 0.717) is 0 Å². The maximum Gasteiger partial charge on any atom is 0.255 e. The second-order valence-corrected chi connectivity index (χ2v) is 4.93. The number of halogens is 2. The maximum atomic E-state index is 12.9. The molecule has 1 atom stereocenters. The van der Waals surface area contributed by atoms with Crippen LogP contribution < -0.4 is 0 Å². The zero-order valence-electron chi connectivity index (χ0n) is 10.7. The number of amides is 1. The van der Waals surface area contributed by atoms with Crippen LogP contribution in [0.15, 0.2) is 18.2 Å². The lowest BCUT2D eigenvalue weighted by Crippen LogP contribution is -2.41. The number of aliphatic hydroxyl groups is 1. The van der Waals surface area contributed by atoms with E-state index in [-0.39, 0.29) is 29.1 Å². The molecule has 3 nitrogen and oxygen atoms in total. The van der Waals surface area contributed by atoms with Crippen LogP contribution in [-0.4, -0.2) is 34.6 Å². The molecule has 1 rings (SSSR count). The summed E-state index contributed by atoms with van der Waals surface area (Å²) in [5, 5.41) is 9.47. The summed E-state index contributed by atoms with van der Waals surface area (Å²) in [7, 11) is 0. The van der Waals surface area contributed by atoms with Crippen molar-refractivity contribution in [1.29, 1.82) is 0 Å². The third kappa shape index (κ3) is 3.68. The standard InChI is InChI=1S/C13H17ClFNO2/c1-8(2)16(7-9(3)17)13(18)11-5-4-10(15)6-12(11)14/h4-6,8-9,17H,7H2,1-3H3. The van der Waals surface area contributed by atoms with Crippen molar-refractivity contribution in [2.75, 3.05) is 6.54 Å². The number of aliphatic hydroxyl groups excluding tert-OH is 1. The van der Waals surface area contributed by atoms with Gasteiger partial charge in [0.25, 0.3) is 5.91 Å². The lowest BCUT2D eigenvalue weighted by atomic mass is 10.1. The third-order valence-electron chi connectivity index (χ3n) is 2.51. The van der Waals surface area contributed by atoms with E-state index in [1.165, 1.54) is 17.0 Å². The summed E-state index contributed by atoms with van der Waals surface area (Å²) in [6.45, 7) is 5.51. The van der Waals surface area contributed by atoms with Gasteiger partial charge in [0.1, 0.15) is 5.82 Å². The quantitative estimate of drug-likeness (QED) is 0.916. The van der Waals surface area contributed by atoms with E-state index in [1.54, 1.807) is 6.92 Å². The Kier molecular flexibility index (Phi) is 5.11. The molecule has 0 spiro atoms. The average molecular weight is 274 g/mol. The second kappa shape index (κ2) is 6.16. The molecule has 18 heavy (non-hydrogen) atoms. The van der Waals surface area contributed by atoms with Crippen LogP contribution in [-0.2, 0) is 0 Å². The first-order valence-corrected chi connectivity index (χ1v) is 6.14. The molecule has 1 N–H and O–H groups in total. The van der Waals surface area contributed by atoms with Crippen molar-refractivity contribution < 1.29 is 14.3 Å². The molecule has 0 heterocycles. The van der Waals surface area contributed by atoms with E-state index in [0.717, 1.165) is 6.07 Å². The Bertz CT molecular complexity index is 435. The van der Waals surface area contributed by atoms with Gasteiger partial charge in [0, 0.05) is 12.6 Å². The molecule has 1 amide bonds. The van der Waals surface area contributed by atoms with Crippen LogP contribution in [0.1, 0.15) is 31.1 Å². The lowest BCUT2D eigenvalue weighted by Gasteiger charge is -2.28. The van der Waals surface area contributed by atoms with Crippen molar-refractivity contribution in [1.82, 2.24) is 4.90 Å². The van der Waals surface area contributed by atoms with Crippen LogP contribution >= 0.6 is 11.6 Å². The lowest BCUT2D eigenvalue weighted by molar-refractivity contribution is 0.0579. The molecular formula is C13H17ClFNO2. The van der Waals surface area contributed by atoms with Crippen molar-refractivity contribution in [3.05, 3.63) is 34.6 Å². The smallest absolute Gasteiger partial charge is 0.255 e. The van der Waals surface area contributed by atoms with Gasteiger partial charge >= 0.3 is 0 Å². The molecule has 1 unspecified atom stereocenters. The normalized spacial score (nSPS) is 12.6. The molecule has 0 aliphatic carbocycles. The summed E-state index contributed by atoms with van der Waals surface area (Å²) >= 11 is 5.86. The highest BCUT2D eigenvalue weighted by molar-refractivity contribution is 6.33. The molecular weight excluding hydrogens is 257 g/mol. The summed E-state index contributed by atoms with van der Waals surface area (Å²) < 4.78 is 12.9. The number of rotatable bonds is 4. The topological polar surface area (TPSA) is 40.5 Å². The van der Waals surface area contributed by atoms with Gasteiger partial charge in [-0.15, -0.1) is 0 Å². The van der Waals surface area contributed by atoms with Crippen LogP contribution in [0, 0.1) is 5.82 Å². The molecule has 0 aromatic heterocycles. The second-order valence-electron chi connectivity index (χ2n) is 4.52. The minimum absolute atomic E-state index is 0.0757. The Balaban J connectivity index is 3.02. The first kappa shape index (κ1) is 14.9. The summed E-state index contributed by atoms with van der Waals surface area (Å²) in [5.41, 5.74) is 0.243. The fourth-order valence-corrected chi connectivity index (χ4v) is 1.88. The first-order valence-electron chi connectivity index (χ1n) is 5.77. The first-order chi connectivity index (χ1) is 8.32. The van der Waals surface area contributed by atoms with Crippen LogP contribution in [0.4, 0.5) is 4.39 Å². The minimum Gasteiger partial charge on any atom is -0.392 e. The maximum absolute atomic E-state index is 12.9. The van der Waals surface area contributed by atoms with Crippen molar-refractivity contribution in [2.24, 2.45) is 0 Å². The Hall–Kier alpha value is -1.13. The Morgan fingerprint density at radius 1 is 1.44 bits per heavy atom. The highest BCUT2D eigenvalue weighted by atomic mass is 35.5. The number of carbonyl (C=O) groups is 1. The summed E-state index contributed by atoms with van der Waals surface area (Å²) in [6, 6.07) is 3.58. The molecule has 100 valence electrons. The van der Waals surface area contributed by atoms with Crippen LogP contribution in [0.3, 0.4) is 0 Å². The fraction of sp³-hybridized carbons (Fsp3) is 0.462. The molecule has 0 radical (unpaired) electrons. The third-order valence-corrected chi connectivity index (χ3v) is 2.82. The van der Waals surface area contributed by atoms with Gasteiger partial charge in [0.2, 0.25) is 0 Å². The fourth-order valence-electron chi connectivity index (χ4n) is 1.63. The van der Waals surface area contributed by atoms with Gasteiger partial charge < -0.3 is 10.0 Å². The van der Waals surface area contributed by atoms with Gasteiger partial charge in [-0.1, -0.05) is 11.6 Å². The molecule has 1 aromatic carbocycles. The molecule has 1 aromatic rings. The van der Waals surface area contributed by atoms with E-state index >= 15 is 0 Å². The minimum atomic E-state index is -0.629. The van der Waals surface area contributed by atoms with Crippen molar-refractivity contribution in [2.45, 2.75) is 32.9 Å². The zero-order valence-corrected chi connectivity index (χ0v) is 11.4. The Morgan fingerprint density at radius 2 is 2.06 bits per heavy atom. The van der Waals surface area contributed by atoms with E-state index in [1.807, 2.05) is 13.8 Å². The van der Waals surface area contributed by atoms with Crippen LogP contribution in [0.2, 0.25) is 5.02 Å². The van der Waals surface area contributed by atoms with E-state index < -0.39 is 11.9 Å². The molecule has 0 bridgehead atoms. The van der Waals surface area contributed by atoms with Gasteiger partial charge in [-0.25, -0.2) is 4.39 Å². The van der Waals surface area contributed by atoms with Crippen molar-refractivity contribution >= 4 is 17.5 Å². The summed E-state index contributed by atoms with van der Waals surface area (Å²) in [6.07, 6.45) is -0.629. The molecule has 0 fully saturated rings. The zero-order chi connectivity index (χ0) is 13.9. The number of carbonyl (C=O) groups excluding carboxylic acids is 1. The number of benzene rings is 1. The van der Waals surface area contributed by atoms with Crippen LogP contribution in [0.5, 0.6) is 0 Å². The Labute approximate surface area is 111 Å². The van der Waals surface area contributed by atoms with Gasteiger partial charge in [0.15, 0.2) is 0 Å². The van der Waals surface area contributed by atoms with E-state index in [9.17, 15) is 14.3 Å². The number of hydrogen-bond donors (Lipinski definition) is 1. The van der Waals surface area contributed by atoms with Gasteiger partial charge in [-0.05, 0) is 39.0 Å². The SMILES string of the molecule is CC(O)CN(C(=O)c1ccc(F)cc1Cl)C(C)C. The predicted molar refractivity (Wildman–Crippen MR) is 69.3 cm³/mol. The van der Waals surface area contributed by atoms with Gasteiger partial charge in [-0.2, -0.15) is 0 Å². The highest BCUT2D eigenvalue weighted by Crippen LogP contribution is 2.20. The number of hydrogen-bond acceptors (Lipinski definition) is 2. The van der Waals surface area contributed by atoms with E-state index in [4.69, 9.17) is 11.6 Å². The summed E-state index contributed by atoms with van der Waals surface area (Å²) in [4.78, 5) is 13.8. The van der Waals surface area contributed by atoms with Gasteiger partial charge in [-0.3, -0.25) is 4.79 Å². The average Bonchev–Trinajstić information content (AvgIpc) is 2.24. The van der Waals surface area contributed by atoms with Gasteiger partial charge in [0.05, 0.1) is 16.7 Å². The Morgan fingerprint density at radius 3 is 2.50 bits per heavy atom.